The van der Waals surface area contributed by atoms with Crippen LogP contribution in [0.3, 0.4) is 0 Å². The third-order valence-corrected chi connectivity index (χ3v) is 4.02. The Kier molecular flexibility index (Phi) is 5.80. The van der Waals surface area contributed by atoms with Gasteiger partial charge in [0.15, 0.2) is 0 Å². The summed E-state index contributed by atoms with van der Waals surface area (Å²) in [6.45, 7) is 0.505. The van der Waals surface area contributed by atoms with Crippen LogP contribution in [-0.2, 0) is 4.79 Å². The number of pyridine rings is 1. The van der Waals surface area contributed by atoms with Gasteiger partial charge in [0.2, 0.25) is 5.91 Å². The maximum Gasteiger partial charge on any atom is 0.406 e. The Morgan fingerprint density at radius 2 is 2.12 bits per heavy atom. The molecule has 0 bridgehead atoms. The van der Waals surface area contributed by atoms with Gasteiger partial charge in [0.25, 0.3) is 5.91 Å². The molecule has 0 aromatic carbocycles. The number of likely N-dealkylation sites (N-methyl/N-ethyl adjacent to an activating group) is 1. The van der Waals surface area contributed by atoms with Crippen LogP contribution in [0.25, 0.3) is 0 Å². The van der Waals surface area contributed by atoms with Gasteiger partial charge in [-0.3, -0.25) is 14.6 Å². The van der Waals surface area contributed by atoms with Crippen molar-refractivity contribution >= 4 is 11.8 Å². The minimum atomic E-state index is -4.46. The summed E-state index contributed by atoms with van der Waals surface area (Å²) in [5.41, 5.74) is 0.330. The van der Waals surface area contributed by atoms with Gasteiger partial charge in [-0.1, -0.05) is 0 Å². The third kappa shape index (κ3) is 4.46. The zero-order chi connectivity index (χ0) is 17.7. The Morgan fingerprint density at radius 1 is 1.38 bits per heavy atom. The Bertz CT molecular complexity index is 578. The van der Waals surface area contributed by atoms with Gasteiger partial charge in [0.05, 0.1) is 5.56 Å². The molecular weight excluding hydrogens is 323 g/mol. The molecule has 132 valence electrons. The van der Waals surface area contributed by atoms with E-state index >= 15 is 0 Å². The molecule has 2 heterocycles. The monoisotopic (exact) mass is 343 g/mol. The first-order valence-electron chi connectivity index (χ1n) is 7.90. The SMILES string of the molecule is CCN(CC(F)(F)F)C(=O)[C@H]1CCCCN1C(=O)c1cccnc1. The Balaban J connectivity index is 2.19. The van der Waals surface area contributed by atoms with Crippen LogP contribution in [0.2, 0.25) is 0 Å². The molecule has 2 rings (SSSR count). The molecule has 1 aromatic heterocycles. The molecule has 1 aliphatic heterocycles. The highest BCUT2D eigenvalue weighted by Crippen LogP contribution is 2.23. The van der Waals surface area contributed by atoms with Gasteiger partial charge in [0.1, 0.15) is 12.6 Å². The van der Waals surface area contributed by atoms with Crippen molar-refractivity contribution in [1.82, 2.24) is 14.8 Å². The summed E-state index contributed by atoms with van der Waals surface area (Å²) in [5.74, 6) is -1.02. The maximum atomic E-state index is 12.7. The Hall–Kier alpha value is -2.12. The van der Waals surface area contributed by atoms with E-state index in [0.29, 0.717) is 24.9 Å². The fourth-order valence-corrected chi connectivity index (χ4v) is 2.86. The number of aromatic nitrogens is 1. The van der Waals surface area contributed by atoms with E-state index in [4.69, 9.17) is 0 Å². The van der Waals surface area contributed by atoms with E-state index in [1.807, 2.05) is 0 Å². The standard InChI is InChI=1S/C16H20F3N3O2/c1-2-21(11-16(17,18)19)15(24)13-7-3-4-9-22(13)14(23)12-6-5-8-20-10-12/h5-6,8,10,13H,2-4,7,9,11H2,1H3/t13-/m1/s1. The van der Waals surface area contributed by atoms with Gasteiger partial charge in [0, 0.05) is 25.5 Å². The molecule has 0 unspecified atom stereocenters. The molecule has 0 aliphatic carbocycles. The van der Waals surface area contributed by atoms with Crippen molar-refractivity contribution in [3.63, 3.8) is 0 Å². The number of carbonyl (C=O) groups is 2. The summed E-state index contributed by atoms with van der Waals surface area (Å²) in [6.07, 6.45) is 0.263. The van der Waals surface area contributed by atoms with E-state index in [1.54, 1.807) is 12.1 Å². The summed E-state index contributed by atoms with van der Waals surface area (Å²) in [7, 11) is 0. The molecule has 0 N–H and O–H groups in total. The largest absolute Gasteiger partial charge is 0.406 e. The average Bonchev–Trinajstić information content (AvgIpc) is 2.58. The van der Waals surface area contributed by atoms with Crippen LogP contribution >= 0.6 is 0 Å². The predicted molar refractivity (Wildman–Crippen MR) is 81.2 cm³/mol. The number of piperidine rings is 1. The molecule has 24 heavy (non-hydrogen) atoms. The second-order valence-corrected chi connectivity index (χ2v) is 5.72. The second kappa shape index (κ2) is 7.63. The lowest BCUT2D eigenvalue weighted by atomic mass is 9.99. The number of alkyl halides is 3. The van der Waals surface area contributed by atoms with Crippen LogP contribution in [-0.4, -0.2) is 58.5 Å². The smallest absolute Gasteiger partial charge is 0.332 e. The van der Waals surface area contributed by atoms with Crippen LogP contribution < -0.4 is 0 Å². The molecular formula is C16H20F3N3O2. The average molecular weight is 343 g/mol. The van der Waals surface area contributed by atoms with E-state index in [1.165, 1.54) is 24.2 Å². The molecule has 1 aromatic rings. The molecule has 0 radical (unpaired) electrons. The number of hydrogen-bond acceptors (Lipinski definition) is 3. The lowest BCUT2D eigenvalue weighted by molar-refractivity contribution is -0.164. The minimum Gasteiger partial charge on any atom is -0.332 e. The third-order valence-electron chi connectivity index (χ3n) is 4.02. The maximum absolute atomic E-state index is 12.7. The zero-order valence-corrected chi connectivity index (χ0v) is 13.4. The fraction of sp³-hybridized carbons (Fsp3) is 0.562. The summed E-state index contributed by atoms with van der Waals surface area (Å²) in [4.78, 5) is 31.2. The van der Waals surface area contributed by atoms with Crippen molar-refractivity contribution in [2.24, 2.45) is 0 Å². The molecule has 0 spiro atoms. The van der Waals surface area contributed by atoms with E-state index < -0.39 is 24.7 Å². The van der Waals surface area contributed by atoms with Crippen LogP contribution in [0.15, 0.2) is 24.5 Å². The van der Waals surface area contributed by atoms with Gasteiger partial charge >= 0.3 is 6.18 Å². The molecule has 1 aliphatic rings. The van der Waals surface area contributed by atoms with E-state index in [2.05, 4.69) is 4.98 Å². The lowest BCUT2D eigenvalue weighted by Crippen LogP contribution is -2.54. The zero-order valence-electron chi connectivity index (χ0n) is 13.4. The van der Waals surface area contributed by atoms with Gasteiger partial charge in [-0.05, 0) is 38.3 Å². The molecule has 1 atom stereocenters. The van der Waals surface area contributed by atoms with E-state index in [9.17, 15) is 22.8 Å². The van der Waals surface area contributed by atoms with Crippen LogP contribution in [0.5, 0.6) is 0 Å². The fourth-order valence-electron chi connectivity index (χ4n) is 2.86. The van der Waals surface area contributed by atoms with Gasteiger partial charge in [-0.25, -0.2) is 0 Å². The highest BCUT2D eigenvalue weighted by Gasteiger charge is 2.39. The Labute approximate surface area is 138 Å². The first kappa shape index (κ1) is 18.2. The summed E-state index contributed by atoms with van der Waals surface area (Å²) >= 11 is 0. The molecule has 5 nitrogen and oxygen atoms in total. The number of nitrogens with zero attached hydrogens (tertiary/aromatic N) is 3. The normalized spacial score (nSPS) is 18.3. The Morgan fingerprint density at radius 3 is 2.71 bits per heavy atom. The number of hydrogen-bond donors (Lipinski definition) is 0. The molecule has 0 saturated carbocycles. The summed E-state index contributed by atoms with van der Waals surface area (Å²) in [5, 5.41) is 0. The predicted octanol–water partition coefficient (Wildman–Crippen LogP) is 2.49. The van der Waals surface area contributed by atoms with Gasteiger partial charge in [-0.15, -0.1) is 0 Å². The molecule has 1 saturated heterocycles. The van der Waals surface area contributed by atoms with Gasteiger partial charge < -0.3 is 9.80 Å². The number of carbonyl (C=O) groups excluding carboxylic acids is 2. The van der Waals surface area contributed by atoms with Crippen LogP contribution in [0, 0.1) is 0 Å². The lowest BCUT2D eigenvalue weighted by Gasteiger charge is -2.37. The highest BCUT2D eigenvalue weighted by atomic mass is 19.4. The summed E-state index contributed by atoms with van der Waals surface area (Å²) < 4.78 is 38.0. The number of likely N-dealkylation sites (tertiary alicyclic amines) is 1. The number of rotatable bonds is 4. The van der Waals surface area contributed by atoms with Crippen molar-refractivity contribution in [2.45, 2.75) is 38.4 Å². The van der Waals surface area contributed by atoms with E-state index in [-0.39, 0.29) is 12.5 Å². The van der Waals surface area contributed by atoms with E-state index in [0.717, 1.165) is 11.3 Å². The number of halogens is 3. The summed E-state index contributed by atoms with van der Waals surface area (Å²) in [6, 6.07) is 2.34. The van der Waals surface area contributed by atoms with Gasteiger partial charge in [-0.2, -0.15) is 13.2 Å². The highest BCUT2D eigenvalue weighted by molar-refractivity contribution is 5.97. The minimum absolute atomic E-state index is 0.0518. The number of amides is 2. The first-order valence-corrected chi connectivity index (χ1v) is 7.90. The second-order valence-electron chi connectivity index (χ2n) is 5.72. The molecule has 1 fully saturated rings. The topological polar surface area (TPSA) is 53.5 Å². The van der Waals surface area contributed by atoms with Crippen LogP contribution in [0.1, 0.15) is 36.5 Å². The molecule has 8 heteroatoms. The van der Waals surface area contributed by atoms with Crippen molar-refractivity contribution in [3.8, 4) is 0 Å². The molecule has 2 amide bonds. The quantitative estimate of drug-likeness (QED) is 0.844. The van der Waals surface area contributed by atoms with Crippen molar-refractivity contribution < 1.29 is 22.8 Å². The van der Waals surface area contributed by atoms with Crippen LogP contribution in [0.4, 0.5) is 13.2 Å². The van der Waals surface area contributed by atoms with Crippen molar-refractivity contribution in [3.05, 3.63) is 30.1 Å². The first-order chi connectivity index (χ1) is 11.3. The van der Waals surface area contributed by atoms with Crippen molar-refractivity contribution in [2.75, 3.05) is 19.6 Å². The van der Waals surface area contributed by atoms with Crippen molar-refractivity contribution in [1.29, 1.82) is 0 Å².